The summed E-state index contributed by atoms with van der Waals surface area (Å²) in [5, 5.41) is 3.53. The third-order valence-electron chi connectivity index (χ3n) is 10.2. The fourth-order valence-electron chi connectivity index (χ4n) is 8.27. The molecule has 2 atom stereocenters. The van der Waals surface area contributed by atoms with Gasteiger partial charge in [-0.15, -0.1) is 0 Å². The average molecular weight is 725 g/mol. The van der Waals surface area contributed by atoms with E-state index in [-0.39, 0.29) is 22.4 Å². The minimum atomic E-state index is -4.08. The number of aryl methyl sites for hydroxylation is 1. The van der Waals surface area contributed by atoms with E-state index in [0.717, 1.165) is 15.1 Å². The van der Waals surface area contributed by atoms with Crippen LogP contribution in [0.15, 0.2) is 74.3 Å². The van der Waals surface area contributed by atoms with Crippen molar-refractivity contribution in [3.05, 3.63) is 86.8 Å². The molecule has 244 valence electrons. The van der Waals surface area contributed by atoms with Gasteiger partial charge in [0.25, 0.3) is 10.0 Å². The summed E-state index contributed by atoms with van der Waals surface area (Å²) in [6.45, 7) is 16.2. The number of ketones is 2. The number of benzene rings is 1. The molecule has 0 saturated carbocycles. The second-order valence-corrected chi connectivity index (χ2v) is 22.1. The van der Waals surface area contributed by atoms with Crippen molar-refractivity contribution in [2.45, 2.75) is 88.9 Å². The van der Waals surface area contributed by atoms with Gasteiger partial charge in [-0.05, 0) is 76.1 Å². The molecule has 0 radical (unpaired) electrons. The predicted octanol–water partition coefficient (Wildman–Crippen LogP) is 6.79. The summed E-state index contributed by atoms with van der Waals surface area (Å²) in [4.78, 5) is 32.5. The van der Waals surface area contributed by atoms with Gasteiger partial charge in [0.1, 0.15) is 5.69 Å². The maximum absolute atomic E-state index is 14.7. The third kappa shape index (κ3) is 5.00. The highest BCUT2D eigenvalue weighted by Crippen LogP contribution is 2.50. The SMILES string of the molecule is Cc1ccc(S(=O)(=O)n2cc3c4c2C(=O)C2=C(C4=NCC3)C3(C=CC(=O)C(Br)=C3)C[C@@H](CO[Si](C(C)C)(C(C)C)C(C)C)N2)cc1. The Morgan fingerprint density at radius 1 is 1.09 bits per heavy atom. The molecule has 4 aliphatic rings. The Kier molecular flexibility index (Phi) is 8.39. The summed E-state index contributed by atoms with van der Waals surface area (Å²) in [5.41, 5.74) is 4.33. The molecule has 1 unspecified atom stereocenters. The zero-order chi connectivity index (χ0) is 33.3. The minimum Gasteiger partial charge on any atom is -0.414 e. The Balaban J connectivity index is 1.50. The fourth-order valence-corrected chi connectivity index (χ4v) is 15.7. The van der Waals surface area contributed by atoms with Gasteiger partial charge in [0.15, 0.2) is 14.1 Å². The molecule has 0 fully saturated rings. The standard InChI is InChI=1S/C35H42BrN3O5SSi/c1-20(2)46(21(3)4,22(5)6)44-19-25-16-35(14-12-28(40)27(36)17-35)30-31-29-24(13-15-37-31)18-39(33(29)34(41)32(30)38-25)45(42,43)26-10-8-23(7)9-11-26/h8-12,14,17-18,20-22,25,38H,13,15-16,19H2,1-7H3/t25-,35?/m0/s1. The van der Waals surface area contributed by atoms with Crippen LogP contribution in [0.25, 0.3) is 0 Å². The minimum absolute atomic E-state index is 0.103. The van der Waals surface area contributed by atoms with Crippen LogP contribution in [0.4, 0.5) is 0 Å². The highest BCUT2D eigenvalue weighted by atomic mass is 79.9. The fraction of sp³-hybridized carbons (Fsp3) is 0.457. The highest BCUT2D eigenvalue weighted by molar-refractivity contribution is 9.12. The van der Waals surface area contributed by atoms with Crippen molar-refractivity contribution in [1.29, 1.82) is 0 Å². The molecular formula is C35H42BrN3O5SSi. The third-order valence-corrected chi connectivity index (χ3v) is 18.6. The lowest BCUT2D eigenvalue weighted by molar-refractivity contribution is -0.110. The summed E-state index contributed by atoms with van der Waals surface area (Å²) < 4.78 is 36.8. The van der Waals surface area contributed by atoms with E-state index in [4.69, 9.17) is 9.42 Å². The lowest BCUT2D eigenvalue weighted by Gasteiger charge is -2.47. The van der Waals surface area contributed by atoms with Gasteiger partial charge in [-0.1, -0.05) is 71.4 Å². The maximum Gasteiger partial charge on any atom is 0.268 e. The molecule has 46 heavy (non-hydrogen) atoms. The van der Waals surface area contributed by atoms with Crippen LogP contribution >= 0.6 is 15.9 Å². The summed E-state index contributed by atoms with van der Waals surface area (Å²) >= 11 is 3.49. The smallest absolute Gasteiger partial charge is 0.268 e. The zero-order valence-electron chi connectivity index (χ0n) is 27.5. The Morgan fingerprint density at radius 2 is 1.74 bits per heavy atom. The van der Waals surface area contributed by atoms with E-state index in [1.54, 1.807) is 36.5 Å². The Bertz CT molecular complexity index is 1850. The largest absolute Gasteiger partial charge is 0.414 e. The van der Waals surface area contributed by atoms with Crippen LogP contribution in [-0.4, -0.2) is 57.2 Å². The number of aromatic nitrogens is 1. The highest BCUT2D eigenvalue weighted by Gasteiger charge is 2.52. The molecule has 1 aromatic heterocycles. The van der Waals surface area contributed by atoms with Gasteiger partial charge < -0.3 is 9.74 Å². The molecule has 1 spiro atoms. The molecule has 2 aromatic rings. The topological polar surface area (TPSA) is 107 Å². The van der Waals surface area contributed by atoms with Gasteiger partial charge in [-0.25, -0.2) is 12.4 Å². The first-order chi connectivity index (χ1) is 21.6. The van der Waals surface area contributed by atoms with Crippen LogP contribution in [0.1, 0.15) is 75.1 Å². The lowest BCUT2D eigenvalue weighted by atomic mass is 9.65. The van der Waals surface area contributed by atoms with E-state index in [0.29, 0.717) is 69.6 Å². The lowest BCUT2D eigenvalue weighted by Crippen LogP contribution is -2.54. The van der Waals surface area contributed by atoms with Crippen molar-refractivity contribution >= 4 is 51.5 Å². The predicted molar refractivity (Wildman–Crippen MR) is 187 cm³/mol. The van der Waals surface area contributed by atoms with Crippen LogP contribution in [0.5, 0.6) is 0 Å². The Morgan fingerprint density at radius 3 is 2.35 bits per heavy atom. The number of hydrogen-bond donors (Lipinski definition) is 1. The normalized spacial score (nSPS) is 22.8. The van der Waals surface area contributed by atoms with Gasteiger partial charge in [-0.2, -0.15) is 0 Å². The van der Waals surface area contributed by atoms with Crippen molar-refractivity contribution in [2.75, 3.05) is 13.2 Å². The first kappa shape index (κ1) is 33.1. The molecular weight excluding hydrogens is 682 g/mol. The number of halogens is 1. The molecule has 1 aromatic carbocycles. The molecule has 8 nitrogen and oxygen atoms in total. The second kappa shape index (κ2) is 11.7. The van der Waals surface area contributed by atoms with Crippen molar-refractivity contribution < 1.29 is 22.4 Å². The number of aliphatic imine (C=N–C) groups is 1. The van der Waals surface area contributed by atoms with E-state index in [9.17, 15) is 18.0 Å². The average Bonchev–Trinajstić information content (AvgIpc) is 3.40. The Hall–Kier alpha value is -2.86. The molecule has 2 aliphatic heterocycles. The number of Topliss-reactive ketones (excluding diaryl/α,β-unsaturated/α-hetero) is 1. The van der Waals surface area contributed by atoms with E-state index in [2.05, 4.69) is 62.8 Å². The van der Waals surface area contributed by atoms with Crippen molar-refractivity contribution in [3.63, 3.8) is 0 Å². The number of nitrogens with zero attached hydrogens (tertiary/aromatic N) is 2. The van der Waals surface area contributed by atoms with Gasteiger partial charge in [-0.3, -0.25) is 14.6 Å². The van der Waals surface area contributed by atoms with Crippen LogP contribution in [0, 0.1) is 12.3 Å². The van der Waals surface area contributed by atoms with E-state index >= 15 is 0 Å². The van der Waals surface area contributed by atoms with Gasteiger partial charge in [0.05, 0.1) is 27.4 Å². The number of allylic oxidation sites excluding steroid dienone is 6. The van der Waals surface area contributed by atoms with Gasteiger partial charge >= 0.3 is 0 Å². The van der Waals surface area contributed by atoms with Crippen molar-refractivity contribution in [2.24, 2.45) is 10.4 Å². The van der Waals surface area contributed by atoms with Crippen LogP contribution < -0.4 is 5.32 Å². The molecule has 6 rings (SSSR count). The van der Waals surface area contributed by atoms with Crippen molar-refractivity contribution in [1.82, 2.24) is 9.29 Å². The maximum atomic E-state index is 14.7. The molecule has 0 saturated heterocycles. The number of hydrogen-bond acceptors (Lipinski definition) is 7. The monoisotopic (exact) mass is 723 g/mol. The summed E-state index contributed by atoms with van der Waals surface area (Å²) in [7, 11) is -6.32. The first-order valence-corrected chi connectivity index (χ1v) is 20.4. The number of fused-ring (bicyclic) bond motifs is 2. The quantitative estimate of drug-likeness (QED) is 0.301. The van der Waals surface area contributed by atoms with E-state index in [1.165, 1.54) is 0 Å². The first-order valence-electron chi connectivity index (χ1n) is 16.1. The number of carbonyl (C=O) groups excluding carboxylic acids is 2. The molecule has 0 amide bonds. The number of nitrogens with one attached hydrogen (secondary N) is 1. The van der Waals surface area contributed by atoms with Crippen LogP contribution in [0.2, 0.25) is 16.6 Å². The van der Waals surface area contributed by atoms with Crippen LogP contribution in [-0.2, 0) is 25.7 Å². The van der Waals surface area contributed by atoms with Gasteiger partial charge in [0, 0.05) is 35.3 Å². The van der Waals surface area contributed by atoms with E-state index < -0.39 is 29.5 Å². The molecule has 3 heterocycles. The Labute approximate surface area is 281 Å². The summed E-state index contributed by atoms with van der Waals surface area (Å²) in [5.74, 6) is -0.541. The molecule has 11 heteroatoms. The molecule has 1 N–H and O–H groups in total. The zero-order valence-corrected chi connectivity index (χ0v) is 30.9. The number of carbonyl (C=O) groups is 2. The molecule has 0 bridgehead atoms. The van der Waals surface area contributed by atoms with Crippen LogP contribution in [0.3, 0.4) is 0 Å². The number of rotatable bonds is 8. The second-order valence-electron chi connectivity index (χ2n) is 14.0. The van der Waals surface area contributed by atoms with Gasteiger partial charge in [0.2, 0.25) is 5.78 Å². The summed E-state index contributed by atoms with van der Waals surface area (Å²) in [6.07, 6.45) is 8.00. The molecule has 2 aliphatic carbocycles. The van der Waals surface area contributed by atoms with Crippen molar-refractivity contribution in [3.8, 4) is 0 Å². The summed E-state index contributed by atoms with van der Waals surface area (Å²) in [6, 6.07) is 6.38. The van der Waals surface area contributed by atoms with E-state index in [1.807, 2.05) is 19.1 Å².